The number of carbonyl (C=O) groups excluding carboxylic acids is 1. The van der Waals surface area contributed by atoms with Gasteiger partial charge in [-0.3, -0.25) is 4.79 Å². The molecule has 1 atom stereocenters. The van der Waals surface area contributed by atoms with Gasteiger partial charge in [-0.05, 0) is 30.2 Å². The average Bonchev–Trinajstić information content (AvgIpc) is 2.59. The van der Waals surface area contributed by atoms with Crippen molar-refractivity contribution >= 4 is 26.9 Å². The van der Waals surface area contributed by atoms with Gasteiger partial charge in [0.1, 0.15) is 0 Å². The van der Waals surface area contributed by atoms with Crippen LogP contribution in [0.3, 0.4) is 0 Å². The Kier molecular flexibility index (Phi) is 6.21. The minimum absolute atomic E-state index is 0.0140. The zero-order valence-corrected chi connectivity index (χ0v) is 15.6. The van der Waals surface area contributed by atoms with Crippen molar-refractivity contribution in [3.8, 4) is 11.1 Å². The van der Waals surface area contributed by atoms with Crippen molar-refractivity contribution < 1.29 is 13.2 Å². The van der Waals surface area contributed by atoms with Gasteiger partial charge in [0.15, 0.2) is 5.12 Å². The fourth-order valence-corrected chi connectivity index (χ4v) is 4.35. The number of hydrogen-bond donors (Lipinski definition) is 0. The molecule has 4 nitrogen and oxygen atoms in total. The number of thioether (sulfide) groups is 1. The normalized spacial score (nSPS) is 13.0. The van der Waals surface area contributed by atoms with Crippen LogP contribution < -0.4 is 0 Å². The van der Waals surface area contributed by atoms with Crippen LogP contribution in [0.25, 0.3) is 11.1 Å². The third kappa shape index (κ3) is 4.47. The fraction of sp³-hybridized carbons (Fsp3) is 0.278. The van der Waals surface area contributed by atoms with Gasteiger partial charge in [-0.15, -0.1) is 0 Å². The second-order valence-electron chi connectivity index (χ2n) is 5.56. The Morgan fingerprint density at radius 2 is 1.58 bits per heavy atom. The summed E-state index contributed by atoms with van der Waals surface area (Å²) in [5.74, 6) is 0.438. The molecule has 0 aromatic heterocycles. The molecule has 2 aromatic carbocycles. The van der Waals surface area contributed by atoms with Crippen molar-refractivity contribution in [2.75, 3.05) is 12.8 Å². The molecule has 0 heterocycles. The summed E-state index contributed by atoms with van der Waals surface area (Å²) >= 11 is 1.13. The third-order valence-electron chi connectivity index (χ3n) is 3.79. The number of carbonyl (C=O) groups is 1. The topological polar surface area (TPSA) is 54.5 Å². The monoisotopic (exact) mass is 363 g/mol. The zero-order valence-electron chi connectivity index (χ0n) is 14.0. The highest BCUT2D eigenvalue weighted by molar-refractivity contribution is 8.13. The first-order valence-electron chi connectivity index (χ1n) is 7.59. The molecule has 0 N–H and O–H groups in total. The zero-order chi connectivity index (χ0) is 17.7. The van der Waals surface area contributed by atoms with Crippen molar-refractivity contribution in [2.45, 2.75) is 24.8 Å². The molecule has 0 aliphatic rings. The summed E-state index contributed by atoms with van der Waals surface area (Å²) in [5.41, 5.74) is 2.01. The van der Waals surface area contributed by atoms with Gasteiger partial charge < -0.3 is 0 Å². The molecule has 0 radical (unpaired) electrons. The highest BCUT2D eigenvalue weighted by atomic mass is 32.2. The van der Waals surface area contributed by atoms with Crippen LogP contribution in [0.5, 0.6) is 0 Å². The molecule has 0 fully saturated rings. The molecule has 24 heavy (non-hydrogen) atoms. The average molecular weight is 364 g/mol. The van der Waals surface area contributed by atoms with E-state index in [1.165, 1.54) is 11.2 Å². The molecule has 0 amide bonds. The maximum Gasteiger partial charge on any atom is 0.243 e. The van der Waals surface area contributed by atoms with E-state index >= 15 is 0 Å². The summed E-state index contributed by atoms with van der Waals surface area (Å²) in [7, 11) is -2.03. The molecular formula is C18H21NO3S2. The second-order valence-corrected chi connectivity index (χ2v) is 8.76. The Bertz CT molecular complexity index is 787. The summed E-state index contributed by atoms with van der Waals surface area (Å²) in [4.78, 5) is 11.3. The minimum atomic E-state index is -3.58. The van der Waals surface area contributed by atoms with Crippen LogP contribution >= 0.6 is 11.8 Å². The van der Waals surface area contributed by atoms with Crippen LogP contribution in [0.15, 0.2) is 59.5 Å². The summed E-state index contributed by atoms with van der Waals surface area (Å²) in [6.07, 6.45) is 0. The standard InChI is InChI=1S/C18H21NO3S2/c1-14(13-23-15(2)20)19(3)24(21,22)18-11-9-17(10-12-18)16-7-5-4-6-8-16/h4-12,14H,13H2,1-3H3/t14-/m1/s1. The first kappa shape index (κ1) is 18.7. The summed E-state index contributed by atoms with van der Waals surface area (Å²) in [6, 6.07) is 16.4. The first-order chi connectivity index (χ1) is 11.3. The van der Waals surface area contributed by atoms with Crippen molar-refractivity contribution in [3.05, 3.63) is 54.6 Å². The number of rotatable bonds is 6. The van der Waals surface area contributed by atoms with Crippen LogP contribution in [0.1, 0.15) is 13.8 Å². The van der Waals surface area contributed by atoms with Crippen molar-refractivity contribution in [3.63, 3.8) is 0 Å². The van der Waals surface area contributed by atoms with E-state index in [0.29, 0.717) is 5.75 Å². The van der Waals surface area contributed by atoms with Gasteiger partial charge in [0, 0.05) is 25.8 Å². The molecule has 0 saturated carbocycles. The van der Waals surface area contributed by atoms with Crippen LogP contribution in [-0.4, -0.2) is 36.7 Å². The van der Waals surface area contributed by atoms with E-state index < -0.39 is 10.0 Å². The summed E-state index contributed by atoms with van der Waals surface area (Å²) < 4.78 is 26.7. The van der Waals surface area contributed by atoms with Crippen LogP contribution in [0, 0.1) is 0 Å². The minimum Gasteiger partial charge on any atom is -0.288 e. The smallest absolute Gasteiger partial charge is 0.243 e. The maximum atomic E-state index is 12.7. The van der Waals surface area contributed by atoms with Gasteiger partial charge in [-0.25, -0.2) is 8.42 Å². The van der Waals surface area contributed by atoms with Gasteiger partial charge in [0.05, 0.1) is 4.90 Å². The van der Waals surface area contributed by atoms with Crippen molar-refractivity contribution in [1.29, 1.82) is 0 Å². The molecule has 0 saturated heterocycles. The SMILES string of the molecule is CC(=O)SC[C@@H](C)N(C)S(=O)(=O)c1ccc(-c2ccccc2)cc1. The molecule has 0 spiro atoms. The number of hydrogen-bond acceptors (Lipinski definition) is 4. The Morgan fingerprint density at radius 1 is 1.04 bits per heavy atom. The van der Waals surface area contributed by atoms with E-state index in [2.05, 4.69) is 0 Å². The second kappa shape index (κ2) is 7.96. The molecule has 0 aliphatic carbocycles. The molecule has 0 unspecified atom stereocenters. The van der Waals surface area contributed by atoms with Crippen molar-refractivity contribution in [2.24, 2.45) is 0 Å². The largest absolute Gasteiger partial charge is 0.288 e. The number of benzene rings is 2. The van der Waals surface area contributed by atoms with Crippen molar-refractivity contribution in [1.82, 2.24) is 4.31 Å². The molecule has 0 bridgehead atoms. The predicted octanol–water partition coefficient (Wildman–Crippen LogP) is 3.64. The lowest BCUT2D eigenvalue weighted by Gasteiger charge is -2.23. The lowest BCUT2D eigenvalue weighted by molar-refractivity contribution is -0.109. The highest BCUT2D eigenvalue weighted by Crippen LogP contribution is 2.23. The Labute approximate surface area is 147 Å². The first-order valence-corrected chi connectivity index (χ1v) is 10.0. The van der Waals surface area contributed by atoms with E-state index in [-0.39, 0.29) is 16.1 Å². The summed E-state index contributed by atoms with van der Waals surface area (Å²) in [5, 5.41) is -0.0140. The van der Waals surface area contributed by atoms with E-state index in [4.69, 9.17) is 0 Å². The maximum absolute atomic E-state index is 12.7. The highest BCUT2D eigenvalue weighted by Gasteiger charge is 2.25. The molecular weight excluding hydrogens is 342 g/mol. The molecule has 6 heteroatoms. The van der Waals surface area contributed by atoms with Gasteiger partial charge >= 0.3 is 0 Å². The number of nitrogens with zero attached hydrogens (tertiary/aromatic N) is 1. The lowest BCUT2D eigenvalue weighted by Crippen LogP contribution is -2.36. The van der Waals surface area contributed by atoms with Gasteiger partial charge in [-0.1, -0.05) is 54.2 Å². The third-order valence-corrected chi connectivity index (χ3v) is 6.83. The van der Waals surface area contributed by atoms with Gasteiger partial charge in [0.2, 0.25) is 10.0 Å². The Balaban J connectivity index is 2.18. The quantitative estimate of drug-likeness (QED) is 0.786. The van der Waals surface area contributed by atoms with E-state index in [0.717, 1.165) is 22.9 Å². The van der Waals surface area contributed by atoms with Crippen LogP contribution in [0.2, 0.25) is 0 Å². The summed E-state index contributed by atoms with van der Waals surface area (Å²) in [6.45, 7) is 3.28. The Hall–Kier alpha value is -1.63. The molecule has 2 aromatic rings. The van der Waals surface area contributed by atoms with E-state index in [1.807, 2.05) is 42.5 Å². The van der Waals surface area contributed by atoms with Crippen LogP contribution in [0.4, 0.5) is 0 Å². The van der Waals surface area contributed by atoms with E-state index in [9.17, 15) is 13.2 Å². The molecule has 0 aliphatic heterocycles. The molecule has 128 valence electrons. The predicted molar refractivity (Wildman–Crippen MR) is 99.4 cm³/mol. The number of sulfonamides is 1. The van der Waals surface area contributed by atoms with E-state index in [1.54, 1.807) is 26.1 Å². The van der Waals surface area contributed by atoms with Gasteiger partial charge in [0.25, 0.3) is 0 Å². The molecule has 2 rings (SSSR count). The van der Waals surface area contributed by atoms with Gasteiger partial charge in [-0.2, -0.15) is 4.31 Å². The lowest BCUT2D eigenvalue weighted by atomic mass is 10.1. The fourth-order valence-electron chi connectivity index (χ4n) is 2.20. The van der Waals surface area contributed by atoms with Crippen LogP contribution in [-0.2, 0) is 14.8 Å². The Morgan fingerprint density at radius 3 is 2.12 bits per heavy atom.